The van der Waals surface area contributed by atoms with Gasteiger partial charge in [0, 0.05) is 39.2 Å². The van der Waals surface area contributed by atoms with Crippen LogP contribution in [-0.2, 0) is 0 Å². The van der Waals surface area contributed by atoms with Crippen molar-refractivity contribution in [2.75, 3.05) is 7.11 Å². The normalized spacial score (nSPS) is 11.4. The molecule has 0 atom stereocenters. The van der Waals surface area contributed by atoms with E-state index >= 15 is 0 Å². The molecule has 31 heavy (non-hydrogen) atoms. The summed E-state index contributed by atoms with van der Waals surface area (Å²) in [7, 11) is 1.65. The summed E-state index contributed by atoms with van der Waals surface area (Å²) < 4.78 is 5.33. The van der Waals surface area contributed by atoms with Gasteiger partial charge in [0.25, 0.3) is 0 Å². The molecule has 0 saturated carbocycles. The lowest BCUT2D eigenvalue weighted by Gasteiger charge is -2.04. The van der Waals surface area contributed by atoms with Gasteiger partial charge >= 0.3 is 0 Å². The van der Waals surface area contributed by atoms with Crippen LogP contribution in [0.2, 0.25) is 0 Å². The molecular weight excluding hydrogens is 406 g/mol. The molecule has 5 heterocycles. The average molecular weight is 424 g/mol. The molecule has 6 nitrogen and oxygen atoms in total. The molecule has 0 saturated heterocycles. The van der Waals surface area contributed by atoms with Crippen molar-refractivity contribution in [3.8, 4) is 38.7 Å². The molecule has 5 aromatic heterocycles. The van der Waals surface area contributed by atoms with Crippen LogP contribution in [0.4, 0.5) is 0 Å². The largest absolute Gasteiger partial charge is 0.495 e. The highest BCUT2D eigenvalue weighted by atomic mass is 32.1. The summed E-state index contributed by atoms with van der Waals surface area (Å²) in [6.45, 7) is 0. The Morgan fingerprint density at radius 2 is 1.81 bits per heavy atom. The van der Waals surface area contributed by atoms with Crippen LogP contribution in [0.3, 0.4) is 0 Å². The number of benzene rings is 1. The molecule has 7 heteroatoms. The number of hydrogen-bond donors (Lipinski definition) is 2. The van der Waals surface area contributed by atoms with Gasteiger partial charge in [0.15, 0.2) is 0 Å². The predicted molar refractivity (Wildman–Crippen MR) is 124 cm³/mol. The lowest BCUT2D eigenvalue weighted by atomic mass is 10.0. The van der Waals surface area contributed by atoms with Crippen LogP contribution in [0.5, 0.6) is 5.75 Å². The first-order chi connectivity index (χ1) is 15.3. The summed E-state index contributed by atoms with van der Waals surface area (Å²) >= 11 is 1.71. The Hall–Kier alpha value is -3.97. The number of rotatable bonds is 4. The molecule has 0 amide bonds. The Morgan fingerprint density at radius 1 is 0.871 bits per heavy atom. The number of hydrogen-bond acceptors (Lipinski definition) is 5. The van der Waals surface area contributed by atoms with Crippen LogP contribution in [0.1, 0.15) is 0 Å². The van der Waals surface area contributed by atoms with E-state index in [1.165, 1.54) is 4.88 Å². The lowest BCUT2D eigenvalue weighted by molar-refractivity contribution is 0.413. The number of methoxy groups -OCH3 is 1. The molecule has 1 aromatic carbocycles. The quantitative estimate of drug-likeness (QED) is 0.370. The van der Waals surface area contributed by atoms with Gasteiger partial charge in [-0.2, -0.15) is 5.10 Å². The minimum Gasteiger partial charge on any atom is -0.495 e. The van der Waals surface area contributed by atoms with Crippen LogP contribution < -0.4 is 4.74 Å². The van der Waals surface area contributed by atoms with E-state index in [4.69, 9.17) is 4.74 Å². The lowest BCUT2D eigenvalue weighted by Crippen LogP contribution is -1.86. The van der Waals surface area contributed by atoms with E-state index < -0.39 is 0 Å². The van der Waals surface area contributed by atoms with Gasteiger partial charge in [0.05, 0.1) is 36.2 Å². The molecule has 150 valence electrons. The van der Waals surface area contributed by atoms with Crippen molar-refractivity contribution in [3.05, 3.63) is 72.6 Å². The van der Waals surface area contributed by atoms with Gasteiger partial charge in [0.2, 0.25) is 0 Å². The van der Waals surface area contributed by atoms with Gasteiger partial charge in [-0.15, -0.1) is 11.3 Å². The number of thiophene rings is 1. The number of nitrogens with one attached hydrogen (secondary N) is 2. The zero-order valence-corrected chi connectivity index (χ0v) is 17.4. The Labute approximate surface area is 181 Å². The van der Waals surface area contributed by atoms with Crippen LogP contribution in [-0.4, -0.2) is 32.3 Å². The van der Waals surface area contributed by atoms with E-state index in [0.717, 1.165) is 55.6 Å². The molecule has 0 radical (unpaired) electrons. The zero-order valence-electron chi connectivity index (χ0n) is 16.6. The van der Waals surface area contributed by atoms with Gasteiger partial charge in [-0.3, -0.25) is 15.1 Å². The van der Waals surface area contributed by atoms with Crippen molar-refractivity contribution in [3.63, 3.8) is 0 Å². The minimum atomic E-state index is 0.731. The molecule has 2 N–H and O–H groups in total. The zero-order chi connectivity index (χ0) is 20.8. The van der Waals surface area contributed by atoms with Crippen molar-refractivity contribution in [1.29, 1.82) is 0 Å². The maximum Gasteiger partial charge on any atom is 0.137 e. The monoisotopic (exact) mass is 423 g/mol. The number of aromatic amines is 2. The molecule has 0 aliphatic carbocycles. The van der Waals surface area contributed by atoms with Crippen LogP contribution in [0, 0.1) is 0 Å². The SMILES string of the molecule is COc1cncc(-c2ccc3[nH]nc(-c4cc5c(-c6cccs6)cncc5[nH]4)c3c2)c1. The first kappa shape index (κ1) is 17.9. The minimum absolute atomic E-state index is 0.731. The molecule has 0 fully saturated rings. The molecule has 0 spiro atoms. The average Bonchev–Trinajstić information content (AvgIpc) is 3.57. The second kappa shape index (κ2) is 7.07. The van der Waals surface area contributed by atoms with Crippen molar-refractivity contribution < 1.29 is 4.74 Å². The van der Waals surface area contributed by atoms with Crippen molar-refractivity contribution >= 4 is 33.1 Å². The summed E-state index contributed by atoms with van der Waals surface area (Å²) in [5.74, 6) is 0.731. The van der Waals surface area contributed by atoms with E-state index in [2.05, 4.69) is 60.9 Å². The first-order valence-corrected chi connectivity index (χ1v) is 10.7. The fourth-order valence-electron chi connectivity index (χ4n) is 3.89. The first-order valence-electron chi connectivity index (χ1n) is 9.78. The van der Waals surface area contributed by atoms with Gasteiger partial charge in [-0.05, 0) is 41.3 Å². The van der Waals surface area contributed by atoms with Gasteiger partial charge in [-0.25, -0.2) is 0 Å². The van der Waals surface area contributed by atoms with Crippen LogP contribution >= 0.6 is 11.3 Å². The third kappa shape index (κ3) is 2.98. The summed E-state index contributed by atoms with van der Waals surface area (Å²) in [6.07, 6.45) is 7.32. The Kier molecular flexibility index (Phi) is 4.07. The van der Waals surface area contributed by atoms with Crippen molar-refractivity contribution in [1.82, 2.24) is 25.1 Å². The summed E-state index contributed by atoms with van der Waals surface area (Å²) in [5, 5.41) is 12.0. The fraction of sp³-hybridized carbons (Fsp3) is 0.0417. The molecule has 0 aliphatic rings. The van der Waals surface area contributed by atoms with Crippen LogP contribution in [0.25, 0.3) is 54.8 Å². The van der Waals surface area contributed by atoms with E-state index in [-0.39, 0.29) is 0 Å². The second-order valence-corrected chi connectivity index (χ2v) is 8.20. The molecule has 6 aromatic rings. The second-order valence-electron chi connectivity index (χ2n) is 7.25. The van der Waals surface area contributed by atoms with E-state index in [9.17, 15) is 0 Å². The fourth-order valence-corrected chi connectivity index (χ4v) is 4.64. The highest BCUT2D eigenvalue weighted by Gasteiger charge is 2.15. The predicted octanol–water partition coefficient (Wildman–Crippen LogP) is 5.91. The number of pyridine rings is 2. The van der Waals surface area contributed by atoms with Gasteiger partial charge < -0.3 is 9.72 Å². The smallest absolute Gasteiger partial charge is 0.137 e. The topological polar surface area (TPSA) is 79.5 Å². The number of ether oxygens (including phenoxy) is 1. The highest BCUT2D eigenvalue weighted by Crippen LogP contribution is 2.36. The molecule has 0 aliphatic heterocycles. The van der Waals surface area contributed by atoms with E-state index in [1.807, 2.05) is 30.7 Å². The number of H-pyrrole nitrogens is 2. The van der Waals surface area contributed by atoms with Gasteiger partial charge in [-0.1, -0.05) is 12.1 Å². The van der Waals surface area contributed by atoms with Gasteiger partial charge in [0.1, 0.15) is 11.4 Å². The highest BCUT2D eigenvalue weighted by molar-refractivity contribution is 7.13. The maximum atomic E-state index is 5.33. The standard InChI is InChI=1S/C24H17N5OS/c1-30-16-7-15(10-25-11-16)14-4-5-20-18(8-14)24(29-28-20)21-9-17-19(23-3-2-6-31-23)12-26-13-22(17)27-21/h2-13,27H,1H3,(H,28,29). The Balaban J connectivity index is 1.50. The third-order valence-corrected chi connectivity index (χ3v) is 6.34. The molecule has 0 bridgehead atoms. The third-order valence-electron chi connectivity index (χ3n) is 5.43. The Bertz CT molecular complexity index is 1530. The summed E-state index contributed by atoms with van der Waals surface area (Å²) in [4.78, 5) is 13.4. The number of aromatic nitrogens is 5. The number of nitrogens with zero attached hydrogens (tertiary/aromatic N) is 3. The van der Waals surface area contributed by atoms with E-state index in [1.54, 1.807) is 24.6 Å². The van der Waals surface area contributed by atoms with Crippen LogP contribution in [0.15, 0.2) is 72.6 Å². The number of fused-ring (bicyclic) bond motifs is 2. The molecule has 6 rings (SSSR count). The molecule has 0 unspecified atom stereocenters. The van der Waals surface area contributed by atoms with E-state index in [0.29, 0.717) is 0 Å². The van der Waals surface area contributed by atoms with Crippen molar-refractivity contribution in [2.45, 2.75) is 0 Å². The Morgan fingerprint density at radius 3 is 2.68 bits per heavy atom. The maximum absolute atomic E-state index is 5.33. The van der Waals surface area contributed by atoms with Crippen molar-refractivity contribution in [2.24, 2.45) is 0 Å². The summed E-state index contributed by atoms with van der Waals surface area (Å²) in [5.41, 5.74) is 6.97. The summed E-state index contributed by atoms with van der Waals surface area (Å²) in [6, 6.07) is 14.5. The molecular formula is C24H17N5OS.